The topological polar surface area (TPSA) is 66.5 Å². The molecule has 1 spiro atoms. The Labute approximate surface area is 140 Å². The van der Waals surface area contributed by atoms with Crippen molar-refractivity contribution in [2.75, 3.05) is 25.6 Å². The number of carbonyl (C=O) groups excluding carboxylic acids is 1. The summed E-state index contributed by atoms with van der Waals surface area (Å²) in [5.41, 5.74) is 1.14. The number of hydrogen-bond acceptors (Lipinski definition) is 5. The maximum Gasteiger partial charge on any atom is 0.315 e. The number of rotatable bonds is 4. The first kappa shape index (κ1) is 15.2. The molecule has 3 atom stereocenters. The molecular formula is C16H24N4O2S. The van der Waals surface area contributed by atoms with E-state index in [0.29, 0.717) is 18.6 Å². The summed E-state index contributed by atoms with van der Waals surface area (Å²) < 4.78 is 5.89. The van der Waals surface area contributed by atoms with E-state index in [2.05, 4.69) is 15.6 Å². The highest BCUT2D eigenvalue weighted by Crippen LogP contribution is 2.62. The van der Waals surface area contributed by atoms with Crippen LogP contribution in [0.25, 0.3) is 0 Å². The minimum absolute atomic E-state index is 0.0778. The van der Waals surface area contributed by atoms with Crippen LogP contribution < -0.4 is 15.5 Å². The van der Waals surface area contributed by atoms with Gasteiger partial charge in [-0.3, -0.25) is 0 Å². The number of hydrogen-bond donors (Lipinski definition) is 2. The number of amides is 2. The average Bonchev–Trinajstić information content (AvgIpc) is 3.09. The lowest BCUT2D eigenvalue weighted by atomic mass is 9.46. The second-order valence-corrected chi connectivity index (χ2v) is 7.99. The third kappa shape index (κ3) is 2.41. The summed E-state index contributed by atoms with van der Waals surface area (Å²) in [5, 5.41) is 9.12. The number of nitrogens with zero attached hydrogens (tertiary/aromatic N) is 2. The second kappa shape index (κ2) is 5.63. The molecule has 3 fully saturated rings. The lowest BCUT2D eigenvalue weighted by Crippen LogP contribution is -2.72. The maximum absolute atomic E-state index is 12.3. The Bertz CT molecular complexity index is 599. The first-order chi connectivity index (χ1) is 11.1. The average molecular weight is 336 g/mol. The number of carbonyl (C=O) groups is 1. The van der Waals surface area contributed by atoms with E-state index < -0.39 is 0 Å². The summed E-state index contributed by atoms with van der Waals surface area (Å²) in [6, 6.07) is 0.211. The lowest BCUT2D eigenvalue weighted by Gasteiger charge is -2.63. The Morgan fingerprint density at radius 3 is 3.00 bits per heavy atom. The molecule has 2 N–H and O–H groups in total. The molecule has 2 heterocycles. The van der Waals surface area contributed by atoms with Gasteiger partial charge in [0.1, 0.15) is 0 Å². The van der Waals surface area contributed by atoms with Crippen LogP contribution in [0.2, 0.25) is 0 Å². The molecule has 0 radical (unpaired) electrons. The van der Waals surface area contributed by atoms with Crippen molar-refractivity contribution in [3.05, 3.63) is 11.1 Å². The number of anilines is 1. The van der Waals surface area contributed by atoms with Crippen LogP contribution in [0.3, 0.4) is 0 Å². The monoisotopic (exact) mass is 336 g/mol. The van der Waals surface area contributed by atoms with E-state index >= 15 is 0 Å². The molecule has 4 rings (SSSR count). The molecule has 0 aromatic carbocycles. The Kier molecular flexibility index (Phi) is 3.72. The van der Waals surface area contributed by atoms with Gasteiger partial charge in [0.2, 0.25) is 0 Å². The zero-order valence-corrected chi connectivity index (χ0v) is 14.5. The molecule has 7 heteroatoms. The van der Waals surface area contributed by atoms with Crippen LogP contribution in [0.15, 0.2) is 5.38 Å². The van der Waals surface area contributed by atoms with Crippen LogP contribution in [-0.4, -0.2) is 43.9 Å². The van der Waals surface area contributed by atoms with E-state index in [1.54, 1.807) is 11.3 Å². The van der Waals surface area contributed by atoms with Gasteiger partial charge in [-0.05, 0) is 19.3 Å². The molecule has 1 aromatic rings. The van der Waals surface area contributed by atoms with Crippen molar-refractivity contribution in [3.63, 3.8) is 0 Å². The molecule has 1 aromatic heterocycles. The van der Waals surface area contributed by atoms with E-state index in [-0.39, 0.29) is 17.5 Å². The van der Waals surface area contributed by atoms with Gasteiger partial charge in [0.25, 0.3) is 0 Å². The number of aromatic nitrogens is 1. The standard InChI is InChI=1S/C16H24N4O2S/c1-20(2)15-18-10(9-23-15)8-17-14(21)19-12-11-4-7-22-13(11)16(12)5-3-6-16/h9,11-13H,3-8H2,1-2H3,(H2,17,19,21)/t11-,12+,13-/m0/s1. The quantitative estimate of drug-likeness (QED) is 0.882. The fourth-order valence-corrected chi connectivity index (χ4v) is 5.16. The number of ether oxygens (including phenoxy) is 1. The summed E-state index contributed by atoms with van der Waals surface area (Å²) >= 11 is 1.59. The maximum atomic E-state index is 12.3. The molecule has 6 nitrogen and oxygen atoms in total. The van der Waals surface area contributed by atoms with Crippen LogP contribution in [0.4, 0.5) is 9.93 Å². The van der Waals surface area contributed by atoms with Gasteiger partial charge < -0.3 is 20.3 Å². The van der Waals surface area contributed by atoms with Gasteiger partial charge in [0, 0.05) is 43.5 Å². The summed E-state index contributed by atoms with van der Waals surface area (Å²) in [6.45, 7) is 1.32. The van der Waals surface area contributed by atoms with Crippen molar-refractivity contribution in [2.45, 2.75) is 44.4 Å². The Hall–Kier alpha value is -1.34. The number of nitrogens with one attached hydrogen (secondary N) is 2. The van der Waals surface area contributed by atoms with Crippen LogP contribution in [0.5, 0.6) is 0 Å². The highest BCUT2D eigenvalue weighted by molar-refractivity contribution is 7.13. The van der Waals surface area contributed by atoms with Crippen molar-refractivity contribution in [1.82, 2.24) is 15.6 Å². The van der Waals surface area contributed by atoms with Gasteiger partial charge in [0.15, 0.2) is 5.13 Å². The normalized spacial score (nSPS) is 30.3. The summed E-state index contributed by atoms with van der Waals surface area (Å²) in [5.74, 6) is 0.515. The SMILES string of the molecule is CN(C)c1nc(CNC(=O)N[C@@H]2[C@@H]3CCO[C@@H]3C23CCC3)cs1. The van der Waals surface area contributed by atoms with Crippen LogP contribution in [-0.2, 0) is 11.3 Å². The van der Waals surface area contributed by atoms with Gasteiger partial charge in [-0.15, -0.1) is 11.3 Å². The van der Waals surface area contributed by atoms with Crippen molar-refractivity contribution < 1.29 is 9.53 Å². The molecule has 2 saturated carbocycles. The van der Waals surface area contributed by atoms with Crippen LogP contribution in [0, 0.1) is 11.3 Å². The van der Waals surface area contributed by atoms with Gasteiger partial charge in [-0.2, -0.15) is 0 Å². The fourth-order valence-electron chi connectivity index (χ4n) is 4.40. The van der Waals surface area contributed by atoms with E-state index in [1.165, 1.54) is 19.3 Å². The van der Waals surface area contributed by atoms with Gasteiger partial charge in [0.05, 0.1) is 18.3 Å². The van der Waals surface area contributed by atoms with Gasteiger partial charge in [-0.25, -0.2) is 9.78 Å². The van der Waals surface area contributed by atoms with E-state index in [4.69, 9.17) is 4.74 Å². The van der Waals surface area contributed by atoms with Crippen molar-refractivity contribution >= 4 is 22.5 Å². The largest absolute Gasteiger partial charge is 0.377 e. The zero-order chi connectivity index (χ0) is 16.0. The predicted molar refractivity (Wildman–Crippen MR) is 89.7 cm³/mol. The van der Waals surface area contributed by atoms with Gasteiger partial charge in [-0.1, -0.05) is 6.42 Å². The minimum Gasteiger partial charge on any atom is -0.377 e. The molecule has 2 aliphatic carbocycles. The summed E-state index contributed by atoms with van der Waals surface area (Å²) in [6.07, 6.45) is 5.12. The highest BCUT2D eigenvalue weighted by Gasteiger charge is 2.66. The molecule has 0 bridgehead atoms. The van der Waals surface area contributed by atoms with E-state index in [9.17, 15) is 4.79 Å². The molecule has 23 heavy (non-hydrogen) atoms. The molecule has 1 saturated heterocycles. The second-order valence-electron chi connectivity index (χ2n) is 7.15. The van der Waals surface area contributed by atoms with E-state index in [0.717, 1.165) is 23.9 Å². The predicted octanol–water partition coefficient (Wildman–Crippen LogP) is 1.97. The van der Waals surface area contributed by atoms with Crippen molar-refractivity contribution in [2.24, 2.45) is 11.3 Å². The number of thiazole rings is 1. The fraction of sp³-hybridized carbons (Fsp3) is 0.750. The van der Waals surface area contributed by atoms with E-state index in [1.807, 2.05) is 24.4 Å². The Balaban J connectivity index is 1.31. The Morgan fingerprint density at radius 2 is 2.35 bits per heavy atom. The summed E-state index contributed by atoms with van der Waals surface area (Å²) in [7, 11) is 3.94. The highest BCUT2D eigenvalue weighted by atomic mass is 32.1. The lowest BCUT2D eigenvalue weighted by molar-refractivity contribution is -0.172. The minimum atomic E-state index is -0.0778. The third-order valence-corrected chi connectivity index (χ3v) is 6.73. The molecular weight excluding hydrogens is 312 g/mol. The molecule has 126 valence electrons. The zero-order valence-electron chi connectivity index (χ0n) is 13.7. The smallest absolute Gasteiger partial charge is 0.315 e. The number of fused-ring (bicyclic) bond motifs is 2. The molecule has 3 aliphatic rings. The Morgan fingerprint density at radius 1 is 1.52 bits per heavy atom. The van der Waals surface area contributed by atoms with Crippen molar-refractivity contribution in [3.8, 4) is 0 Å². The molecule has 2 amide bonds. The molecule has 0 unspecified atom stereocenters. The van der Waals surface area contributed by atoms with Crippen molar-refractivity contribution in [1.29, 1.82) is 0 Å². The van der Waals surface area contributed by atoms with Crippen LogP contribution in [0.1, 0.15) is 31.4 Å². The van der Waals surface area contributed by atoms with Crippen LogP contribution >= 0.6 is 11.3 Å². The number of urea groups is 1. The molecule has 1 aliphatic heterocycles. The third-order valence-electron chi connectivity index (χ3n) is 5.67. The summed E-state index contributed by atoms with van der Waals surface area (Å²) in [4.78, 5) is 18.7. The first-order valence-electron chi connectivity index (χ1n) is 8.38. The first-order valence-corrected chi connectivity index (χ1v) is 9.26. The van der Waals surface area contributed by atoms with Gasteiger partial charge >= 0.3 is 6.03 Å².